The average molecular weight is 215 g/mol. The summed E-state index contributed by atoms with van der Waals surface area (Å²) in [6, 6.07) is 0. The lowest BCUT2D eigenvalue weighted by Gasteiger charge is -2.33. The molecule has 0 aromatic heterocycles. The molecule has 0 aliphatic carbocycles. The van der Waals surface area contributed by atoms with Crippen molar-refractivity contribution in [1.82, 2.24) is 5.32 Å². The summed E-state index contributed by atoms with van der Waals surface area (Å²) in [7, 11) is 0. The molecule has 0 heterocycles. The molecule has 0 aromatic rings. The Bertz CT molecular complexity index is 156. The zero-order valence-corrected chi connectivity index (χ0v) is 11.2. The van der Waals surface area contributed by atoms with Gasteiger partial charge in [-0.25, -0.2) is 0 Å². The largest absolute Gasteiger partial charge is 0.396 e. The van der Waals surface area contributed by atoms with Gasteiger partial charge in [0.05, 0.1) is 0 Å². The number of rotatable bonds is 7. The lowest BCUT2D eigenvalue weighted by Crippen LogP contribution is -2.38. The van der Waals surface area contributed by atoms with Crippen LogP contribution in [0.15, 0.2) is 0 Å². The van der Waals surface area contributed by atoms with Gasteiger partial charge >= 0.3 is 0 Å². The summed E-state index contributed by atoms with van der Waals surface area (Å²) in [5.74, 6) is 0. The minimum absolute atomic E-state index is 0.292. The van der Waals surface area contributed by atoms with E-state index in [0.29, 0.717) is 17.4 Å². The maximum atomic E-state index is 9.10. The van der Waals surface area contributed by atoms with Crippen molar-refractivity contribution in [2.75, 3.05) is 19.7 Å². The van der Waals surface area contributed by atoms with E-state index in [2.05, 4.69) is 39.9 Å². The second kappa shape index (κ2) is 6.49. The maximum absolute atomic E-state index is 9.10. The Morgan fingerprint density at radius 2 is 1.53 bits per heavy atom. The van der Waals surface area contributed by atoms with Gasteiger partial charge in [-0.3, -0.25) is 0 Å². The maximum Gasteiger partial charge on any atom is 0.0436 e. The van der Waals surface area contributed by atoms with E-state index in [4.69, 9.17) is 5.11 Å². The summed E-state index contributed by atoms with van der Waals surface area (Å²) in [6.45, 7) is 13.5. The Balaban J connectivity index is 4.06. The highest BCUT2D eigenvalue weighted by Crippen LogP contribution is 2.29. The van der Waals surface area contributed by atoms with Crippen LogP contribution in [0.4, 0.5) is 0 Å². The van der Waals surface area contributed by atoms with E-state index in [1.165, 1.54) is 0 Å². The van der Waals surface area contributed by atoms with Crippen molar-refractivity contribution in [3.05, 3.63) is 0 Å². The van der Waals surface area contributed by atoms with Gasteiger partial charge < -0.3 is 10.4 Å². The second-order valence-electron chi connectivity index (χ2n) is 5.84. The van der Waals surface area contributed by atoms with E-state index < -0.39 is 0 Å². The first kappa shape index (κ1) is 14.9. The van der Waals surface area contributed by atoms with Crippen molar-refractivity contribution < 1.29 is 5.11 Å². The number of hydrogen-bond acceptors (Lipinski definition) is 2. The molecule has 0 spiro atoms. The van der Waals surface area contributed by atoms with Gasteiger partial charge in [0.1, 0.15) is 0 Å². The van der Waals surface area contributed by atoms with Crippen molar-refractivity contribution in [3.63, 3.8) is 0 Å². The second-order valence-corrected chi connectivity index (χ2v) is 5.84. The van der Waals surface area contributed by atoms with Crippen LogP contribution in [0.3, 0.4) is 0 Å². The van der Waals surface area contributed by atoms with Crippen molar-refractivity contribution >= 4 is 0 Å². The summed E-state index contributed by atoms with van der Waals surface area (Å²) in [5, 5.41) is 12.6. The van der Waals surface area contributed by atoms with E-state index in [1.807, 2.05) is 0 Å². The molecule has 0 amide bonds. The van der Waals surface area contributed by atoms with Crippen molar-refractivity contribution in [3.8, 4) is 0 Å². The van der Waals surface area contributed by atoms with Gasteiger partial charge in [0.15, 0.2) is 0 Å². The molecule has 2 N–H and O–H groups in total. The van der Waals surface area contributed by atoms with Crippen LogP contribution in [0.5, 0.6) is 0 Å². The Labute approximate surface area is 95.5 Å². The number of aliphatic hydroxyl groups excluding tert-OH is 1. The molecule has 0 bridgehead atoms. The van der Waals surface area contributed by atoms with E-state index in [1.54, 1.807) is 0 Å². The fraction of sp³-hybridized carbons (Fsp3) is 1.00. The molecule has 0 fully saturated rings. The van der Waals surface area contributed by atoms with Crippen molar-refractivity contribution in [2.45, 2.75) is 53.9 Å². The Kier molecular flexibility index (Phi) is 6.46. The summed E-state index contributed by atoms with van der Waals surface area (Å²) < 4.78 is 0. The van der Waals surface area contributed by atoms with Gasteiger partial charge in [-0.05, 0) is 30.1 Å². The Morgan fingerprint density at radius 3 is 1.87 bits per heavy atom. The van der Waals surface area contributed by atoms with Crippen LogP contribution >= 0.6 is 0 Å². The fourth-order valence-electron chi connectivity index (χ4n) is 1.88. The highest BCUT2D eigenvalue weighted by Gasteiger charge is 2.25. The predicted molar refractivity (Wildman–Crippen MR) is 67.0 cm³/mol. The van der Waals surface area contributed by atoms with Crippen LogP contribution in [0.25, 0.3) is 0 Å². The van der Waals surface area contributed by atoms with Crippen LogP contribution in [0.1, 0.15) is 53.9 Å². The summed E-state index contributed by atoms with van der Waals surface area (Å²) in [6.07, 6.45) is 3.19. The molecule has 2 nitrogen and oxygen atoms in total. The summed E-state index contributed by atoms with van der Waals surface area (Å²) in [5.41, 5.74) is 0.631. The Morgan fingerprint density at radius 1 is 1.00 bits per heavy atom. The third-order valence-electron chi connectivity index (χ3n) is 3.30. The number of hydrogen-bond donors (Lipinski definition) is 2. The molecule has 0 atom stereocenters. The lowest BCUT2D eigenvalue weighted by molar-refractivity contribution is 0.159. The third kappa shape index (κ3) is 6.16. The van der Waals surface area contributed by atoms with Crippen LogP contribution < -0.4 is 5.32 Å². The molecule has 0 saturated heterocycles. The first-order valence-electron chi connectivity index (χ1n) is 6.21. The molecule has 0 rings (SSSR count). The third-order valence-corrected chi connectivity index (χ3v) is 3.30. The lowest BCUT2D eigenvalue weighted by atomic mass is 9.79. The molecule has 0 radical (unpaired) electrons. The predicted octanol–water partition coefficient (Wildman–Crippen LogP) is 2.81. The molecule has 0 unspecified atom stereocenters. The smallest absolute Gasteiger partial charge is 0.0436 e. The molecule has 2 heteroatoms. The summed E-state index contributed by atoms with van der Waals surface area (Å²) >= 11 is 0. The van der Waals surface area contributed by atoms with E-state index in [9.17, 15) is 0 Å². The molecule has 0 aliphatic rings. The molecular formula is C13H29NO. The van der Waals surface area contributed by atoms with Gasteiger partial charge in [0.2, 0.25) is 0 Å². The minimum Gasteiger partial charge on any atom is -0.396 e. The molecule has 0 aliphatic heterocycles. The summed E-state index contributed by atoms with van der Waals surface area (Å²) in [4.78, 5) is 0. The van der Waals surface area contributed by atoms with Crippen molar-refractivity contribution in [1.29, 1.82) is 0 Å². The van der Waals surface area contributed by atoms with Crippen molar-refractivity contribution in [2.24, 2.45) is 10.8 Å². The minimum atomic E-state index is 0.292. The molecular weight excluding hydrogens is 186 g/mol. The highest BCUT2D eigenvalue weighted by atomic mass is 16.3. The van der Waals surface area contributed by atoms with E-state index >= 15 is 0 Å². The van der Waals surface area contributed by atoms with E-state index in [-0.39, 0.29) is 0 Å². The van der Waals surface area contributed by atoms with Crippen LogP contribution in [-0.2, 0) is 0 Å². The van der Waals surface area contributed by atoms with Gasteiger partial charge in [-0.1, -0.05) is 34.6 Å². The average Bonchev–Trinajstić information content (AvgIpc) is 2.14. The zero-order valence-electron chi connectivity index (χ0n) is 11.2. The van der Waals surface area contributed by atoms with Gasteiger partial charge in [0.25, 0.3) is 0 Å². The monoisotopic (exact) mass is 215 g/mol. The van der Waals surface area contributed by atoms with Gasteiger partial charge in [-0.15, -0.1) is 0 Å². The van der Waals surface area contributed by atoms with Crippen LogP contribution in [0.2, 0.25) is 0 Å². The number of aliphatic hydroxyl groups is 1. The highest BCUT2D eigenvalue weighted by molar-refractivity contribution is 4.80. The standard InChI is InChI=1S/C13H29NO/c1-6-13(7-2,8-9-15)11-14-10-12(3,4)5/h14-15H,6-11H2,1-5H3. The fourth-order valence-corrected chi connectivity index (χ4v) is 1.88. The number of nitrogens with one attached hydrogen (secondary N) is 1. The zero-order chi connectivity index (χ0) is 11.9. The van der Waals surface area contributed by atoms with Crippen LogP contribution in [0, 0.1) is 10.8 Å². The Hall–Kier alpha value is -0.0800. The van der Waals surface area contributed by atoms with Crippen LogP contribution in [-0.4, -0.2) is 24.8 Å². The molecule has 0 saturated carbocycles. The topological polar surface area (TPSA) is 32.3 Å². The first-order valence-corrected chi connectivity index (χ1v) is 6.21. The van der Waals surface area contributed by atoms with E-state index in [0.717, 1.165) is 32.4 Å². The van der Waals surface area contributed by atoms with Gasteiger partial charge in [-0.2, -0.15) is 0 Å². The normalized spacial score (nSPS) is 13.2. The SMILES string of the molecule is CCC(CC)(CCO)CNCC(C)(C)C. The quantitative estimate of drug-likeness (QED) is 0.684. The van der Waals surface area contributed by atoms with Gasteiger partial charge in [0, 0.05) is 19.7 Å². The molecule has 15 heavy (non-hydrogen) atoms. The first-order chi connectivity index (χ1) is 6.89. The molecule has 92 valence electrons. The molecule has 0 aromatic carbocycles.